The molecule has 0 fully saturated rings. The Hall–Kier alpha value is -6.36. The molecule has 52 heavy (non-hydrogen) atoms. The molecule has 10 aromatic rings. The third kappa shape index (κ3) is 4.44. The van der Waals surface area contributed by atoms with Crippen molar-refractivity contribution in [2.24, 2.45) is 0 Å². The summed E-state index contributed by atoms with van der Waals surface area (Å²) >= 11 is 1.91. The Labute approximate surface area is 304 Å². The van der Waals surface area contributed by atoms with E-state index in [0.717, 1.165) is 63.0 Å². The van der Waals surface area contributed by atoms with Gasteiger partial charge >= 0.3 is 0 Å². The van der Waals surface area contributed by atoms with Crippen molar-refractivity contribution in [1.82, 2.24) is 4.57 Å². The van der Waals surface area contributed by atoms with Crippen LogP contribution in [-0.4, -0.2) is 4.57 Å². The number of anilines is 2. The van der Waals surface area contributed by atoms with E-state index >= 15 is 0 Å². The number of thiophene rings is 1. The van der Waals surface area contributed by atoms with E-state index in [4.69, 9.17) is 4.42 Å². The van der Waals surface area contributed by atoms with Crippen LogP contribution in [0.15, 0.2) is 168 Å². The van der Waals surface area contributed by atoms with Gasteiger partial charge in [0.1, 0.15) is 11.2 Å². The van der Waals surface area contributed by atoms with Crippen LogP contribution >= 0.6 is 11.3 Å². The van der Waals surface area contributed by atoms with E-state index in [-0.39, 0.29) is 0 Å². The Bertz CT molecular complexity index is 3130. The summed E-state index contributed by atoms with van der Waals surface area (Å²) in [6.07, 6.45) is 4.39. The van der Waals surface area contributed by atoms with Crippen LogP contribution in [0.1, 0.15) is 12.8 Å². The van der Waals surface area contributed by atoms with Gasteiger partial charge in [0.15, 0.2) is 0 Å². The summed E-state index contributed by atoms with van der Waals surface area (Å²) in [7, 11) is 0. The van der Waals surface area contributed by atoms with E-state index in [0.29, 0.717) is 0 Å². The summed E-state index contributed by atoms with van der Waals surface area (Å²) in [5, 5.41) is 7.51. The molecule has 4 heteroatoms. The molecule has 3 nitrogen and oxygen atoms in total. The fourth-order valence-electron chi connectivity index (χ4n) is 8.34. The number of fused-ring (bicyclic) bond motifs is 9. The molecule has 3 aromatic heterocycles. The number of benzene rings is 7. The monoisotopic (exact) mass is 684 g/mol. The normalized spacial score (nSPS) is 13.0. The quantitative estimate of drug-likeness (QED) is 0.180. The minimum atomic E-state index is 0.917. The van der Waals surface area contributed by atoms with Gasteiger partial charge in [0.05, 0.1) is 15.6 Å². The third-order valence-corrected chi connectivity index (χ3v) is 11.9. The van der Waals surface area contributed by atoms with E-state index in [1.165, 1.54) is 47.3 Å². The van der Waals surface area contributed by atoms with Crippen molar-refractivity contribution in [2.75, 3.05) is 4.90 Å². The Kier molecular flexibility index (Phi) is 6.55. The van der Waals surface area contributed by atoms with Crippen LogP contribution in [0.2, 0.25) is 0 Å². The summed E-state index contributed by atoms with van der Waals surface area (Å²) in [4.78, 5) is 2.51. The van der Waals surface area contributed by atoms with Crippen LogP contribution < -0.4 is 14.7 Å². The number of rotatable bonds is 5. The number of para-hydroxylation sites is 4. The zero-order valence-corrected chi connectivity index (χ0v) is 29.1. The summed E-state index contributed by atoms with van der Waals surface area (Å²) < 4.78 is 11.5. The van der Waals surface area contributed by atoms with Crippen LogP contribution in [0, 0.1) is 0 Å². The second kappa shape index (κ2) is 11.6. The first-order valence-corrected chi connectivity index (χ1v) is 18.7. The molecule has 1 aliphatic rings. The van der Waals surface area contributed by atoms with Crippen molar-refractivity contribution in [3.63, 3.8) is 0 Å². The van der Waals surface area contributed by atoms with Gasteiger partial charge in [-0.15, -0.1) is 11.3 Å². The van der Waals surface area contributed by atoms with Crippen molar-refractivity contribution < 1.29 is 4.42 Å². The smallest absolute Gasteiger partial charge is 0.143 e. The maximum Gasteiger partial charge on any atom is 0.143 e. The number of hydrogen-bond donors (Lipinski definition) is 0. The molecular weight excluding hydrogens is 653 g/mol. The topological polar surface area (TPSA) is 21.3 Å². The fraction of sp³-hybridized carbons (Fsp3) is 0.0417. The van der Waals surface area contributed by atoms with E-state index in [9.17, 15) is 0 Å². The van der Waals surface area contributed by atoms with Gasteiger partial charge in [-0.2, -0.15) is 0 Å². The van der Waals surface area contributed by atoms with E-state index in [1.807, 2.05) is 17.4 Å². The molecule has 0 atom stereocenters. The van der Waals surface area contributed by atoms with Crippen LogP contribution in [0.5, 0.6) is 0 Å². The number of furan rings is 1. The molecule has 3 heterocycles. The lowest BCUT2D eigenvalue weighted by atomic mass is 10.0. The van der Waals surface area contributed by atoms with E-state index in [1.54, 1.807) is 0 Å². The highest BCUT2D eigenvalue weighted by molar-refractivity contribution is 7.17. The van der Waals surface area contributed by atoms with Gasteiger partial charge in [-0.05, 0) is 78.2 Å². The van der Waals surface area contributed by atoms with Gasteiger partial charge in [0, 0.05) is 60.0 Å². The molecule has 0 radical (unpaired) electrons. The van der Waals surface area contributed by atoms with Gasteiger partial charge in [-0.25, -0.2) is 0 Å². The Morgan fingerprint density at radius 2 is 1.27 bits per heavy atom. The Morgan fingerprint density at radius 3 is 2.15 bits per heavy atom. The maximum absolute atomic E-state index is 6.44. The van der Waals surface area contributed by atoms with Crippen LogP contribution in [0.4, 0.5) is 11.4 Å². The standard InChI is InChI=1S/C48H32N2OS/c1-2-12-32(13-3-1)50-42-20-7-4-14-36(42)37-29-28-34(30-44(37)50)49(43-21-11-19-41-39-16-6-9-23-46(39)52-48(41)43)33-26-24-31(25-27-33)35-17-10-18-40-38-15-5-8-22-45(38)51-47(35)40/h1-10,12-20,22-30H,11,21H2. The van der Waals surface area contributed by atoms with Crippen molar-refractivity contribution >= 4 is 88.3 Å². The van der Waals surface area contributed by atoms with Crippen molar-refractivity contribution in [1.29, 1.82) is 0 Å². The average Bonchev–Trinajstić information content (AvgIpc) is 3.89. The van der Waals surface area contributed by atoms with Crippen molar-refractivity contribution in [2.45, 2.75) is 12.8 Å². The highest BCUT2D eigenvalue weighted by Gasteiger charge is 2.22. The Morgan fingerprint density at radius 1 is 0.558 bits per heavy atom. The highest BCUT2D eigenvalue weighted by Crippen LogP contribution is 2.41. The minimum Gasteiger partial charge on any atom is -0.455 e. The van der Waals surface area contributed by atoms with Crippen molar-refractivity contribution in [3.05, 3.63) is 174 Å². The molecule has 1 aliphatic carbocycles. The van der Waals surface area contributed by atoms with Gasteiger partial charge in [0.2, 0.25) is 0 Å². The number of hydrogen-bond acceptors (Lipinski definition) is 3. The molecule has 11 rings (SSSR count). The lowest BCUT2D eigenvalue weighted by molar-refractivity contribution is 0.670. The summed E-state index contributed by atoms with van der Waals surface area (Å²) in [6.45, 7) is 0. The lowest BCUT2D eigenvalue weighted by Crippen LogP contribution is -2.31. The number of nitrogens with zero attached hydrogens (tertiary/aromatic N) is 2. The predicted octanol–water partition coefficient (Wildman–Crippen LogP) is 12.1. The third-order valence-electron chi connectivity index (χ3n) is 10.7. The Balaban J connectivity index is 1.14. The summed E-state index contributed by atoms with van der Waals surface area (Å²) in [6, 6.07) is 59.2. The molecule has 0 N–H and O–H groups in total. The zero-order chi connectivity index (χ0) is 34.2. The first-order chi connectivity index (χ1) is 25.8. The van der Waals surface area contributed by atoms with Gasteiger partial charge in [0.25, 0.3) is 0 Å². The second-order valence-electron chi connectivity index (χ2n) is 13.6. The van der Waals surface area contributed by atoms with E-state index in [2.05, 4.69) is 173 Å². The summed E-state index contributed by atoms with van der Waals surface area (Å²) in [5.74, 6) is 0. The lowest BCUT2D eigenvalue weighted by Gasteiger charge is -2.29. The molecule has 0 bridgehead atoms. The molecular formula is C48H32N2OS. The molecule has 0 spiro atoms. The second-order valence-corrected chi connectivity index (χ2v) is 14.6. The molecule has 0 saturated heterocycles. The maximum atomic E-state index is 6.44. The van der Waals surface area contributed by atoms with Crippen molar-refractivity contribution in [3.8, 4) is 16.8 Å². The highest BCUT2D eigenvalue weighted by atomic mass is 32.1. The molecule has 7 aromatic carbocycles. The first kappa shape index (κ1) is 29.4. The van der Waals surface area contributed by atoms with Gasteiger partial charge in [-0.1, -0.05) is 115 Å². The molecule has 0 unspecified atom stereocenters. The van der Waals surface area contributed by atoms with Gasteiger partial charge in [-0.3, -0.25) is 0 Å². The van der Waals surface area contributed by atoms with Gasteiger partial charge < -0.3 is 13.9 Å². The van der Waals surface area contributed by atoms with Crippen LogP contribution in [0.25, 0.3) is 82.4 Å². The predicted molar refractivity (Wildman–Crippen MR) is 220 cm³/mol. The zero-order valence-electron chi connectivity index (χ0n) is 28.3. The SMILES string of the molecule is C1=c2c(sc3ccccc23)=C(N(c2ccc(-c3cccc4c3oc3ccccc34)cc2)c2ccc3c4ccccc4n(-c4ccccc4)c3c2)CC1. The molecule has 246 valence electrons. The van der Waals surface area contributed by atoms with Crippen LogP contribution in [0.3, 0.4) is 0 Å². The molecule has 0 amide bonds. The fourth-order valence-corrected chi connectivity index (χ4v) is 9.61. The molecule has 0 saturated carbocycles. The molecule has 0 aliphatic heterocycles. The average molecular weight is 685 g/mol. The first-order valence-electron chi connectivity index (χ1n) is 17.9. The minimum absolute atomic E-state index is 0.917. The summed E-state index contributed by atoms with van der Waals surface area (Å²) in [5.41, 5.74) is 11.3. The van der Waals surface area contributed by atoms with Crippen LogP contribution in [-0.2, 0) is 0 Å². The van der Waals surface area contributed by atoms with E-state index < -0.39 is 0 Å². The largest absolute Gasteiger partial charge is 0.455 e. The number of aromatic nitrogens is 1.